The lowest BCUT2D eigenvalue weighted by molar-refractivity contribution is -0.134. The lowest BCUT2D eigenvalue weighted by atomic mass is 9.85. The number of hydrogen-bond acceptors (Lipinski definition) is 2. The summed E-state index contributed by atoms with van der Waals surface area (Å²) >= 11 is 0. The molecule has 0 radical (unpaired) electrons. The number of rotatable bonds is 1. The second-order valence-corrected chi connectivity index (χ2v) is 5.83. The molecule has 0 atom stereocenters. The van der Waals surface area contributed by atoms with Crippen LogP contribution in [0.25, 0.3) is 0 Å². The number of esters is 1. The molecule has 0 heterocycles. The Labute approximate surface area is 99.1 Å². The Kier molecular flexibility index (Phi) is 4.81. The van der Waals surface area contributed by atoms with Gasteiger partial charge in [0, 0.05) is 17.1 Å². The summed E-state index contributed by atoms with van der Waals surface area (Å²) in [6.07, 6.45) is 1.47. The molecule has 0 aliphatic heterocycles. The van der Waals surface area contributed by atoms with Crippen molar-refractivity contribution in [1.82, 2.24) is 0 Å². The third-order valence-corrected chi connectivity index (χ3v) is 1.84. The van der Waals surface area contributed by atoms with E-state index in [4.69, 9.17) is 0 Å². The molecule has 0 N–H and O–H groups in total. The van der Waals surface area contributed by atoms with Crippen LogP contribution in [0.4, 0.5) is 0 Å². The van der Waals surface area contributed by atoms with Crippen LogP contribution in [0.1, 0.15) is 41.5 Å². The van der Waals surface area contributed by atoms with Crippen molar-refractivity contribution < 1.29 is 9.53 Å². The van der Waals surface area contributed by atoms with Crippen LogP contribution in [0.5, 0.6) is 0 Å². The van der Waals surface area contributed by atoms with E-state index in [1.165, 1.54) is 13.2 Å². The molecular weight excluding hydrogens is 200 g/mol. The summed E-state index contributed by atoms with van der Waals surface area (Å²) in [6.45, 7) is 12.2. The Hall–Kier alpha value is -1.23. The Morgan fingerprint density at radius 2 is 1.62 bits per heavy atom. The summed E-state index contributed by atoms with van der Waals surface area (Å²) < 4.78 is 4.62. The Morgan fingerprint density at radius 1 is 1.12 bits per heavy atom. The zero-order valence-corrected chi connectivity index (χ0v) is 11.4. The fourth-order valence-corrected chi connectivity index (χ4v) is 0.872. The van der Waals surface area contributed by atoms with E-state index in [0.29, 0.717) is 0 Å². The molecule has 2 nitrogen and oxygen atoms in total. The molecule has 0 spiro atoms. The highest BCUT2D eigenvalue weighted by Gasteiger charge is 2.17. The molecule has 0 aromatic carbocycles. The molecule has 0 rings (SSSR count). The molecule has 0 aromatic rings. The number of methoxy groups -OCH3 is 1. The van der Waals surface area contributed by atoms with Crippen molar-refractivity contribution >= 4 is 5.97 Å². The van der Waals surface area contributed by atoms with Crippen LogP contribution in [-0.2, 0) is 9.53 Å². The van der Waals surface area contributed by atoms with Crippen LogP contribution in [0, 0.1) is 22.7 Å². The lowest BCUT2D eigenvalue weighted by Crippen LogP contribution is -2.11. The molecule has 0 aliphatic carbocycles. The molecule has 0 saturated heterocycles. The van der Waals surface area contributed by atoms with Crippen molar-refractivity contribution in [2.24, 2.45) is 10.8 Å². The van der Waals surface area contributed by atoms with Crippen LogP contribution < -0.4 is 0 Å². The average Bonchev–Trinajstić information content (AvgIpc) is 2.08. The van der Waals surface area contributed by atoms with Crippen molar-refractivity contribution in [3.05, 3.63) is 11.6 Å². The van der Waals surface area contributed by atoms with E-state index in [1.807, 2.05) is 41.5 Å². The van der Waals surface area contributed by atoms with Gasteiger partial charge in [0.15, 0.2) is 0 Å². The fraction of sp³-hybridized carbons (Fsp3) is 0.643. The third kappa shape index (κ3) is 6.29. The minimum atomic E-state index is -0.354. The first kappa shape index (κ1) is 14.8. The summed E-state index contributed by atoms with van der Waals surface area (Å²) in [5, 5.41) is 0. The largest absolute Gasteiger partial charge is 0.466 e. The molecule has 0 amide bonds. The zero-order chi connectivity index (χ0) is 13.0. The highest BCUT2D eigenvalue weighted by atomic mass is 16.5. The van der Waals surface area contributed by atoms with E-state index in [1.54, 1.807) is 0 Å². The first-order valence-corrected chi connectivity index (χ1v) is 5.39. The maximum atomic E-state index is 11.2. The lowest BCUT2D eigenvalue weighted by Gasteiger charge is -2.18. The van der Waals surface area contributed by atoms with Gasteiger partial charge in [-0.05, 0) is 26.2 Å². The van der Waals surface area contributed by atoms with E-state index in [9.17, 15) is 4.79 Å². The third-order valence-electron chi connectivity index (χ3n) is 1.84. The van der Waals surface area contributed by atoms with Gasteiger partial charge in [0.1, 0.15) is 0 Å². The highest BCUT2D eigenvalue weighted by Crippen LogP contribution is 2.25. The van der Waals surface area contributed by atoms with Gasteiger partial charge >= 0.3 is 5.97 Å². The van der Waals surface area contributed by atoms with E-state index in [2.05, 4.69) is 16.6 Å². The Bertz CT molecular complexity index is 338. The van der Waals surface area contributed by atoms with Crippen LogP contribution >= 0.6 is 0 Å². The van der Waals surface area contributed by atoms with Gasteiger partial charge in [-0.2, -0.15) is 0 Å². The van der Waals surface area contributed by atoms with Crippen LogP contribution in [0.3, 0.4) is 0 Å². The van der Waals surface area contributed by atoms with Crippen molar-refractivity contribution in [2.75, 3.05) is 7.11 Å². The van der Waals surface area contributed by atoms with Gasteiger partial charge in [0.05, 0.1) is 7.11 Å². The van der Waals surface area contributed by atoms with Gasteiger partial charge in [-0.15, -0.1) is 0 Å². The van der Waals surface area contributed by atoms with Gasteiger partial charge in [0.25, 0.3) is 0 Å². The van der Waals surface area contributed by atoms with Crippen LogP contribution in [-0.4, -0.2) is 13.1 Å². The zero-order valence-electron chi connectivity index (χ0n) is 11.4. The molecule has 0 bridgehead atoms. The van der Waals surface area contributed by atoms with E-state index in [-0.39, 0.29) is 16.8 Å². The minimum Gasteiger partial charge on any atom is -0.466 e. The predicted octanol–water partition coefficient (Wildman–Crippen LogP) is 3.18. The number of hydrogen-bond donors (Lipinski definition) is 0. The Balaban J connectivity index is 5.20. The first-order valence-electron chi connectivity index (χ1n) is 5.39. The summed E-state index contributed by atoms with van der Waals surface area (Å²) in [6, 6.07) is 0. The van der Waals surface area contributed by atoms with Crippen molar-refractivity contribution in [3.63, 3.8) is 0 Å². The maximum absolute atomic E-state index is 11.2. The molecule has 2 heteroatoms. The topological polar surface area (TPSA) is 26.3 Å². The van der Waals surface area contributed by atoms with Crippen LogP contribution in [0.15, 0.2) is 11.6 Å². The molecule has 0 unspecified atom stereocenters. The molecule has 0 fully saturated rings. The number of allylic oxidation sites excluding steroid dienone is 1. The standard InChI is InChI=1S/C14H22O2/c1-13(2,3)9-8-11(14(4,5)6)10-12(15)16-7/h10H,1-7H3/b11-10+. The monoisotopic (exact) mass is 222 g/mol. The predicted molar refractivity (Wildman–Crippen MR) is 66.8 cm³/mol. The summed E-state index contributed by atoms with van der Waals surface area (Å²) in [7, 11) is 1.37. The quantitative estimate of drug-likeness (QED) is 0.387. The summed E-state index contributed by atoms with van der Waals surface area (Å²) in [5.41, 5.74) is 0.585. The van der Waals surface area contributed by atoms with Gasteiger partial charge in [-0.1, -0.05) is 32.6 Å². The van der Waals surface area contributed by atoms with Gasteiger partial charge in [0.2, 0.25) is 0 Å². The van der Waals surface area contributed by atoms with Crippen molar-refractivity contribution in [1.29, 1.82) is 0 Å². The summed E-state index contributed by atoms with van der Waals surface area (Å²) in [4.78, 5) is 11.2. The second kappa shape index (κ2) is 5.21. The summed E-state index contributed by atoms with van der Waals surface area (Å²) in [5.74, 6) is 5.85. The molecular formula is C14H22O2. The second-order valence-electron chi connectivity index (χ2n) is 5.83. The van der Waals surface area contributed by atoms with E-state index < -0.39 is 0 Å². The Morgan fingerprint density at radius 3 is 1.94 bits per heavy atom. The molecule has 16 heavy (non-hydrogen) atoms. The number of ether oxygens (including phenoxy) is 1. The first-order chi connectivity index (χ1) is 7.06. The molecule has 0 saturated carbocycles. The van der Waals surface area contributed by atoms with Gasteiger partial charge in [-0.25, -0.2) is 4.79 Å². The fourth-order valence-electron chi connectivity index (χ4n) is 0.872. The molecule has 90 valence electrons. The van der Waals surface area contributed by atoms with Gasteiger partial charge in [-0.3, -0.25) is 0 Å². The van der Waals surface area contributed by atoms with E-state index >= 15 is 0 Å². The highest BCUT2D eigenvalue weighted by molar-refractivity contribution is 5.83. The van der Waals surface area contributed by atoms with E-state index in [0.717, 1.165) is 5.57 Å². The average molecular weight is 222 g/mol. The van der Waals surface area contributed by atoms with Crippen LogP contribution in [0.2, 0.25) is 0 Å². The number of carbonyl (C=O) groups is 1. The van der Waals surface area contributed by atoms with Crippen molar-refractivity contribution in [2.45, 2.75) is 41.5 Å². The molecule has 0 aromatic heterocycles. The minimum absolute atomic E-state index is 0.0690. The SMILES string of the molecule is COC(=O)/C=C(\C#CC(C)(C)C)C(C)(C)C. The molecule has 0 aliphatic rings. The maximum Gasteiger partial charge on any atom is 0.331 e. The normalized spacial score (nSPS) is 12.8. The number of carbonyl (C=O) groups excluding carboxylic acids is 1. The smallest absolute Gasteiger partial charge is 0.331 e. The van der Waals surface area contributed by atoms with Gasteiger partial charge < -0.3 is 4.74 Å². The van der Waals surface area contributed by atoms with Crippen molar-refractivity contribution in [3.8, 4) is 11.8 Å².